The molecule has 0 aromatic heterocycles. The van der Waals surface area contributed by atoms with E-state index in [4.69, 9.17) is 0 Å². The van der Waals surface area contributed by atoms with Crippen LogP contribution in [0.15, 0.2) is 93.1 Å². The summed E-state index contributed by atoms with van der Waals surface area (Å²) < 4.78 is 0. The zero-order valence-corrected chi connectivity index (χ0v) is 14.3. The van der Waals surface area contributed by atoms with E-state index in [2.05, 4.69) is 86.7 Å². The van der Waals surface area contributed by atoms with Gasteiger partial charge in [0.15, 0.2) is 0 Å². The van der Waals surface area contributed by atoms with Crippen LogP contribution in [0.3, 0.4) is 0 Å². The summed E-state index contributed by atoms with van der Waals surface area (Å²) >= 11 is 0. The van der Waals surface area contributed by atoms with Gasteiger partial charge in [0.1, 0.15) is 0 Å². The molecule has 1 aliphatic carbocycles. The van der Waals surface area contributed by atoms with E-state index in [0.29, 0.717) is 0 Å². The van der Waals surface area contributed by atoms with E-state index in [1.54, 1.807) is 4.91 Å². The average molecular weight is 308 g/mol. The summed E-state index contributed by atoms with van der Waals surface area (Å²) in [5.41, 5.74) is 1.49. The number of hydrogen-bond donors (Lipinski definition) is 0. The predicted molar refractivity (Wildman–Crippen MR) is 98.6 cm³/mol. The second kappa shape index (κ2) is 6.58. The van der Waals surface area contributed by atoms with Crippen LogP contribution in [0, 0.1) is 0 Å². The largest absolute Gasteiger partial charge is 0.164 e. The molecule has 2 aromatic carbocycles. The molecular weight excluding hydrogens is 284 g/mol. The van der Waals surface area contributed by atoms with Gasteiger partial charge in [-0.05, 0) is 64.5 Å². The van der Waals surface area contributed by atoms with E-state index >= 15 is 0 Å². The van der Waals surface area contributed by atoms with Gasteiger partial charge in [-0.15, -0.1) is 0 Å². The van der Waals surface area contributed by atoms with Gasteiger partial charge in [0.25, 0.3) is 0 Å². The molecule has 0 saturated carbocycles. The van der Waals surface area contributed by atoms with Gasteiger partial charge in [0.2, 0.25) is 0 Å². The molecule has 0 bridgehead atoms. The van der Waals surface area contributed by atoms with E-state index in [9.17, 15) is 0 Å². The van der Waals surface area contributed by atoms with Crippen LogP contribution in [0.5, 0.6) is 0 Å². The lowest BCUT2D eigenvalue weighted by molar-refractivity contribution is 0.943. The Morgan fingerprint density at radius 1 is 0.773 bits per heavy atom. The van der Waals surface area contributed by atoms with Crippen LogP contribution < -0.4 is 0 Å². The van der Waals surface area contributed by atoms with Gasteiger partial charge in [0, 0.05) is 0 Å². The maximum atomic E-state index is 2.40. The topological polar surface area (TPSA) is 0 Å². The number of hydrogen-bond acceptors (Lipinski definition) is 0. The molecule has 0 amide bonds. The Morgan fingerprint density at radius 2 is 1.32 bits per heavy atom. The molecular formula is C21H24S. The van der Waals surface area contributed by atoms with Crippen molar-refractivity contribution in [3.8, 4) is 0 Å². The lowest BCUT2D eigenvalue weighted by Crippen LogP contribution is -2.10. The van der Waals surface area contributed by atoms with E-state index in [-0.39, 0.29) is 0 Å². The van der Waals surface area contributed by atoms with Crippen LogP contribution in [0.25, 0.3) is 0 Å². The summed E-state index contributed by atoms with van der Waals surface area (Å²) in [6, 6.07) is 22.2. The van der Waals surface area contributed by atoms with Crippen molar-refractivity contribution in [1.29, 1.82) is 0 Å². The highest BCUT2D eigenvalue weighted by Gasteiger charge is 2.31. The van der Waals surface area contributed by atoms with Gasteiger partial charge in [-0.3, -0.25) is 0 Å². The number of rotatable bonds is 4. The molecule has 0 unspecified atom stereocenters. The Labute approximate surface area is 135 Å². The van der Waals surface area contributed by atoms with Crippen molar-refractivity contribution < 1.29 is 0 Å². The third-order valence-electron chi connectivity index (χ3n) is 4.49. The molecule has 0 saturated heterocycles. The van der Waals surface area contributed by atoms with E-state index < -0.39 is 10.0 Å². The molecule has 0 atom stereocenters. The summed E-state index contributed by atoms with van der Waals surface area (Å²) in [5, 5.41) is 0. The normalized spacial score (nSPS) is 15.9. The first-order valence-electron chi connectivity index (χ1n) is 8.05. The molecule has 0 spiro atoms. The van der Waals surface area contributed by atoms with Crippen molar-refractivity contribution in [3.63, 3.8) is 0 Å². The van der Waals surface area contributed by atoms with E-state index in [0.717, 1.165) is 0 Å². The molecule has 0 aliphatic heterocycles. The predicted octanol–water partition coefficient (Wildman–Crippen LogP) is 6.55. The van der Waals surface area contributed by atoms with Gasteiger partial charge in [0.05, 0.1) is 0 Å². The Bertz CT molecular complexity index is 641. The maximum absolute atomic E-state index is 2.40. The van der Waals surface area contributed by atoms with Crippen LogP contribution >= 0.6 is 10.0 Å². The zero-order valence-electron chi connectivity index (χ0n) is 13.5. The van der Waals surface area contributed by atoms with Crippen molar-refractivity contribution >= 4 is 10.0 Å². The van der Waals surface area contributed by atoms with Crippen LogP contribution in [-0.2, 0) is 0 Å². The SMILES string of the molecule is CCS(C1=CC=C(C)CC1)(c1ccccc1)c1ccccc1. The zero-order chi connectivity index (χ0) is 15.4. The average Bonchev–Trinajstić information content (AvgIpc) is 2.59. The van der Waals surface area contributed by atoms with Crippen molar-refractivity contribution in [2.75, 3.05) is 5.75 Å². The molecule has 2 aromatic rings. The summed E-state index contributed by atoms with van der Waals surface area (Å²) in [6.45, 7) is 4.59. The lowest BCUT2D eigenvalue weighted by atomic mass is 10.1. The summed E-state index contributed by atoms with van der Waals surface area (Å²) in [7, 11) is -1.10. The highest BCUT2D eigenvalue weighted by molar-refractivity contribution is 8.36. The molecule has 0 nitrogen and oxygen atoms in total. The quantitative estimate of drug-likeness (QED) is 0.600. The number of benzene rings is 2. The third kappa shape index (κ3) is 2.66. The molecule has 0 heterocycles. The van der Waals surface area contributed by atoms with Crippen molar-refractivity contribution in [1.82, 2.24) is 0 Å². The monoisotopic (exact) mass is 308 g/mol. The number of allylic oxidation sites excluding steroid dienone is 4. The highest BCUT2D eigenvalue weighted by atomic mass is 32.3. The molecule has 0 N–H and O–H groups in total. The van der Waals surface area contributed by atoms with Crippen molar-refractivity contribution in [3.05, 3.63) is 83.3 Å². The molecule has 3 rings (SSSR count). The molecule has 1 aliphatic rings. The van der Waals surface area contributed by atoms with Gasteiger partial charge in [-0.1, -0.05) is 61.0 Å². The smallest absolute Gasteiger partial charge is 0.00216 e. The fourth-order valence-electron chi connectivity index (χ4n) is 3.28. The van der Waals surface area contributed by atoms with Crippen LogP contribution in [0.2, 0.25) is 0 Å². The third-order valence-corrected chi connectivity index (χ3v) is 8.75. The minimum atomic E-state index is -1.10. The summed E-state index contributed by atoms with van der Waals surface area (Å²) in [6.07, 6.45) is 7.11. The fourth-order valence-corrected chi connectivity index (χ4v) is 7.19. The van der Waals surface area contributed by atoms with Crippen molar-refractivity contribution in [2.45, 2.75) is 36.5 Å². The Hall–Kier alpha value is -1.73. The van der Waals surface area contributed by atoms with Gasteiger partial charge in [-0.25, -0.2) is 0 Å². The Kier molecular flexibility index (Phi) is 4.54. The molecule has 114 valence electrons. The minimum absolute atomic E-state index is 1.10. The van der Waals surface area contributed by atoms with Crippen LogP contribution in [0.1, 0.15) is 26.7 Å². The minimum Gasteiger partial charge on any atom is -0.164 e. The van der Waals surface area contributed by atoms with Gasteiger partial charge < -0.3 is 0 Å². The van der Waals surface area contributed by atoms with Crippen LogP contribution in [-0.4, -0.2) is 5.75 Å². The molecule has 1 heteroatoms. The Morgan fingerprint density at radius 3 is 1.73 bits per heavy atom. The van der Waals surface area contributed by atoms with Crippen LogP contribution in [0.4, 0.5) is 0 Å². The van der Waals surface area contributed by atoms with Crippen molar-refractivity contribution in [2.24, 2.45) is 0 Å². The van der Waals surface area contributed by atoms with Gasteiger partial charge in [-0.2, -0.15) is 10.0 Å². The summed E-state index contributed by atoms with van der Waals surface area (Å²) in [4.78, 5) is 4.60. The van der Waals surface area contributed by atoms with E-state index in [1.807, 2.05) is 0 Å². The standard InChI is InChI=1S/C21H24S/c1-3-22(19-10-6-4-7-11-19,20-12-8-5-9-13-20)21-16-14-18(2)15-17-21/h4-14,16H,3,15,17H2,1-2H3. The second-order valence-corrected chi connectivity index (χ2v) is 9.32. The first-order valence-corrected chi connectivity index (χ1v) is 9.85. The molecule has 0 fully saturated rings. The van der Waals surface area contributed by atoms with Gasteiger partial charge >= 0.3 is 0 Å². The summed E-state index contributed by atoms with van der Waals surface area (Å²) in [5.74, 6) is 1.17. The first-order chi connectivity index (χ1) is 10.8. The molecule has 22 heavy (non-hydrogen) atoms. The van der Waals surface area contributed by atoms with E-state index in [1.165, 1.54) is 34.0 Å². The maximum Gasteiger partial charge on any atom is -0.00216 e. The Balaban J connectivity index is 2.22. The second-order valence-electron chi connectivity index (χ2n) is 5.80. The molecule has 0 radical (unpaired) electrons. The fraction of sp³-hybridized carbons (Fsp3) is 0.238. The first kappa shape index (κ1) is 15.2. The highest BCUT2D eigenvalue weighted by Crippen LogP contribution is 2.69. The lowest BCUT2D eigenvalue weighted by Gasteiger charge is -2.43.